The maximum atomic E-state index is 12.6. The fourth-order valence-corrected chi connectivity index (χ4v) is 2.12. The average molecular weight is 336 g/mol. The summed E-state index contributed by atoms with van der Waals surface area (Å²) in [6.07, 6.45) is 1.61. The normalized spacial score (nSPS) is 11.2. The molecule has 0 radical (unpaired) electrons. The van der Waals surface area contributed by atoms with Crippen LogP contribution in [0.3, 0.4) is 0 Å². The highest BCUT2D eigenvalue weighted by Crippen LogP contribution is 2.23. The van der Waals surface area contributed by atoms with Crippen LogP contribution < -0.4 is 4.74 Å². The molecule has 2 rings (SSSR count). The highest BCUT2D eigenvalue weighted by Gasteiger charge is 2.18. The summed E-state index contributed by atoms with van der Waals surface area (Å²) in [5, 5.41) is 0.986. The first-order valence-corrected chi connectivity index (χ1v) is 7.34. The molecule has 0 aliphatic carbocycles. The molecule has 0 saturated carbocycles. The van der Waals surface area contributed by atoms with Crippen LogP contribution in [0.25, 0.3) is 0 Å². The van der Waals surface area contributed by atoms with E-state index < -0.39 is 0 Å². The van der Waals surface area contributed by atoms with E-state index in [1.165, 1.54) is 0 Å². The van der Waals surface area contributed by atoms with E-state index in [2.05, 4.69) is 0 Å². The van der Waals surface area contributed by atoms with Crippen LogP contribution in [0.1, 0.15) is 10.4 Å². The second kappa shape index (κ2) is 7.34. The highest BCUT2D eigenvalue weighted by atomic mass is 35.5. The van der Waals surface area contributed by atoms with Crippen LogP contribution in [0.5, 0.6) is 5.75 Å². The molecular weight excluding hydrogens is 321 g/mol. The summed E-state index contributed by atoms with van der Waals surface area (Å²) >= 11 is 11.9. The van der Waals surface area contributed by atoms with Crippen LogP contribution in [-0.2, 0) is 0 Å². The zero-order chi connectivity index (χ0) is 16.1. The van der Waals surface area contributed by atoms with Crippen molar-refractivity contribution >= 4 is 29.0 Å². The third kappa shape index (κ3) is 4.26. The lowest BCUT2D eigenvalue weighted by Crippen LogP contribution is -2.14. The van der Waals surface area contributed by atoms with Gasteiger partial charge in [0.25, 0.3) is 0 Å². The van der Waals surface area contributed by atoms with Crippen molar-refractivity contribution in [2.75, 3.05) is 14.1 Å². The fraction of sp³-hybridized carbons (Fsp3) is 0.118. The van der Waals surface area contributed by atoms with E-state index in [0.717, 1.165) is 0 Å². The minimum Gasteiger partial charge on any atom is -0.452 e. The van der Waals surface area contributed by atoms with Gasteiger partial charge in [0.1, 0.15) is 5.75 Å². The first-order chi connectivity index (χ1) is 10.5. The van der Waals surface area contributed by atoms with Crippen molar-refractivity contribution < 1.29 is 9.53 Å². The number of ether oxygens (including phenoxy) is 1. The smallest absolute Gasteiger partial charge is 0.231 e. The first-order valence-electron chi connectivity index (χ1n) is 6.58. The maximum Gasteiger partial charge on any atom is 0.231 e. The van der Waals surface area contributed by atoms with Crippen LogP contribution in [0.4, 0.5) is 0 Å². The minimum atomic E-state index is -0.283. The molecule has 3 nitrogen and oxygen atoms in total. The summed E-state index contributed by atoms with van der Waals surface area (Å²) in [4.78, 5) is 14.4. The molecule has 0 atom stereocenters. The largest absolute Gasteiger partial charge is 0.452 e. The van der Waals surface area contributed by atoms with Gasteiger partial charge in [-0.3, -0.25) is 4.79 Å². The molecule has 0 saturated heterocycles. The van der Waals surface area contributed by atoms with Crippen molar-refractivity contribution in [2.24, 2.45) is 0 Å². The van der Waals surface area contributed by atoms with Crippen LogP contribution in [0, 0.1) is 0 Å². The number of carbonyl (C=O) groups is 1. The number of halogens is 2. The van der Waals surface area contributed by atoms with Gasteiger partial charge in [-0.25, -0.2) is 0 Å². The van der Waals surface area contributed by atoms with E-state index in [4.69, 9.17) is 27.9 Å². The van der Waals surface area contributed by atoms with Crippen LogP contribution in [0.15, 0.2) is 60.5 Å². The molecule has 0 aliphatic heterocycles. The standard InChI is InChI=1S/C17H15Cl2NO2/c1-20(2)11-16(22-13-9-7-12(18)8-10-13)17(21)14-5-3-4-6-15(14)19/h3-11H,1-2H3/b16-11-. The molecular formula is C17H15Cl2NO2. The lowest BCUT2D eigenvalue weighted by atomic mass is 10.1. The summed E-state index contributed by atoms with van der Waals surface area (Å²) in [6.45, 7) is 0. The van der Waals surface area contributed by atoms with Crippen molar-refractivity contribution in [3.8, 4) is 5.75 Å². The van der Waals surface area contributed by atoms with E-state index in [-0.39, 0.29) is 11.5 Å². The van der Waals surface area contributed by atoms with Gasteiger partial charge in [-0.2, -0.15) is 0 Å². The Morgan fingerprint density at radius 1 is 1.05 bits per heavy atom. The molecule has 0 fully saturated rings. The number of hydrogen-bond donors (Lipinski definition) is 0. The lowest BCUT2D eigenvalue weighted by molar-refractivity contribution is 0.0982. The SMILES string of the molecule is CN(C)/C=C(\Oc1ccc(Cl)cc1)C(=O)c1ccccc1Cl. The number of rotatable bonds is 5. The van der Waals surface area contributed by atoms with Gasteiger partial charge in [-0.15, -0.1) is 0 Å². The molecule has 2 aromatic carbocycles. The topological polar surface area (TPSA) is 29.5 Å². The Morgan fingerprint density at radius 3 is 2.27 bits per heavy atom. The highest BCUT2D eigenvalue weighted by molar-refractivity contribution is 6.34. The Bertz CT molecular complexity index is 694. The molecule has 0 aromatic heterocycles. The minimum absolute atomic E-state index is 0.181. The number of nitrogens with zero attached hydrogens (tertiary/aromatic N) is 1. The molecule has 0 aliphatic rings. The van der Waals surface area contributed by atoms with Crippen LogP contribution >= 0.6 is 23.2 Å². The number of ketones is 1. The van der Waals surface area contributed by atoms with Gasteiger partial charge >= 0.3 is 0 Å². The van der Waals surface area contributed by atoms with Crippen molar-refractivity contribution in [1.29, 1.82) is 0 Å². The molecule has 0 spiro atoms. The zero-order valence-corrected chi connectivity index (χ0v) is 13.7. The van der Waals surface area contributed by atoms with E-state index >= 15 is 0 Å². The Morgan fingerprint density at radius 2 is 1.68 bits per heavy atom. The quantitative estimate of drug-likeness (QED) is 0.452. The third-order valence-electron chi connectivity index (χ3n) is 2.76. The molecule has 2 aromatic rings. The number of Topliss-reactive ketones (excluding diaryl/α,β-unsaturated/α-hetero) is 1. The predicted molar refractivity (Wildman–Crippen MR) is 89.6 cm³/mol. The fourth-order valence-electron chi connectivity index (χ4n) is 1.77. The van der Waals surface area contributed by atoms with Gasteiger partial charge in [0, 0.05) is 30.9 Å². The molecule has 22 heavy (non-hydrogen) atoms. The molecule has 5 heteroatoms. The predicted octanol–water partition coefficient (Wildman–Crippen LogP) is 4.66. The molecule has 0 N–H and O–H groups in total. The van der Waals surface area contributed by atoms with Crippen molar-refractivity contribution in [3.05, 3.63) is 76.1 Å². The molecule has 114 valence electrons. The van der Waals surface area contributed by atoms with E-state index in [0.29, 0.717) is 21.4 Å². The number of allylic oxidation sites excluding steroid dienone is 1. The Balaban J connectivity index is 2.33. The first kappa shape index (κ1) is 16.4. The van der Waals surface area contributed by atoms with Crippen LogP contribution in [0.2, 0.25) is 10.0 Å². The van der Waals surface area contributed by atoms with E-state index in [1.54, 1.807) is 59.6 Å². The number of hydrogen-bond acceptors (Lipinski definition) is 3. The van der Waals surface area contributed by atoms with Gasteiger partial charge in [-0.1, -0.05) is 35.3 Å². The third-order valence-corrected chi connectivity index (χ3v) is 3.34. The van der Waals surface area contributed by atoms with Gasteiger partial charge in [-0.05, 0) is 36.4 Å². The van der Waals surface area contributed by atoms with Crippen molar-refractivity contribution in [2.45, 2.75) is 0 Å². The monoisotopic (exact) mass is 335 g/mol. The molecule has 0 heterocycles. The van der Waals surface area contributed by atoms with E-state index in [1.807, 2.05) is 14.1 Å². The molecule has 0 unspecified atom stereocenters. The van der Waals surface area contributed by atoms with Gasteiger partial charge in [0.15, 0.2) is 5.76 Å². The lowest BCUT2D eigenvalue weighted by Gasteiger charge is -2.13. The van der Waals surface area contributed by atoms with Gasteiger partial charge < -0.3 is 9.64 Å². The molecule has 0 amide bonds. The molecule has 0 bridgehead atoms. The van der Waals surface area contributed by atoms with E-state index in [9.17, 15) is 4.79 Å². The Kier molecular flexibility index (Phi) is 5.47. The summed E-state index contributed by atoms with van der Waals surface area (Å²) < 4.78 is 5.70. The van der Waals surface area contributed by atoms with Crippen LogP contribution in [-0.4, -0.2) is 24.8 Å². The average Bonchev–Trinajstić information content (AvgIpc) is 2.48. The summed E-state index contributed by atoms with van der Waals surface area (Å²) in [7, 11) is 3.62. The summed E-state index contributed by atoms with van der Waals surface area (Å²) in [6, 6.07) is 13.7. The Hall–Kier alpha value is -1.97. The number of benzene rings is 2. The second-order valence-electron chi connectivity index (χ2n) is 4.82. The van der Waals surface area contributed by atoms with Crippen molar-refractivity contribution in [1.82, 2.24) is 4.90 Å². The zero-order valence-electron chi connectivity index (χ0n) is 12.2. The van der Waals surface area contributed by atoms with Gasteiger partial charge in [0.2, 0.25) is 5.78 Å². The van der Waals surface area contributed by atoms with Gasteiger partial charge in [0.05, 0.1) is 5.02 Å². The maximum absolute atomic E-state index is 12.6. The summed E-state index contributed by atoms with van der Waals surface area (Å²) in [5.74, 6) is 0.424. The second-order valence-corrected chi connectivity index (χ2v) is 5.67. The van der Waals surface area contributed by atoms with Crippen molar-refractivity contribution in [3.63, 3.8) is 0 Å². The summed E-state index contributed by atoms with van der Waals surface area (Å²) in [5.41, 5.74) is 0.395. The Labute approximate surface area is 139 Å². The number of carbonyl (C=O) groups excluding carboxylic acids is 1.